The lowest BCUT2D eigenvalue weighted by atomic mass is 10.0. The zero-order chi connectivity index (χ0) is 10.6. The highest BCUT2D eigenvalue weighted by molar-refractivity contribution is 5.46. The van der Waals surface area contributed by atoms with E-state index < -0.39 is 0 Å². The van der Waals surface area contributed by atoms with Gasteiger partial charge in [-0.15, -0.1) is 0 Å². The summed E-state index contributed by atoms with van der Waals surface area (Å²) in [6, 6.07) is 6.43. The lowest BCUT2D eigenvalue weighted by Crippen LogP contribution is -2.19. The summed E-state index contributed by atoms with van der Waals surface area (Å²) in [5.41, 5.74) is 3.92. The highest BCUT2D eigenvalue weighted by atomic mass is 16.1. The van der Waals surface area contributed by atoms with Crippen molar-refractivity contribution in [1.29, 1.82) is 0 Å². The maximum Gasteiger partial charge on any atom is 0.209 e. The van der Waals surface area contributed by atoms with E-state index in [0.717, 1.165) is 19.4 Å². The quantitative estimate of drug-likeness (QED) is 0.666. The molecular formula is C12H17NO. The van der Waals surface area contributed by atoms with Gasteiger partial charge in [-0.3, -0.25) is 4.79 Å². The Bertz CT molecular complexity index is 320. The molecule has 0 radical (unpaired) electrons. The van der Waals surface area contributed by atoms with Gasteiger partial charge in [0, 0.05) is 13.6 Å². The molecule has 0 saturated carbocycles. The van der Waals surface area contributed by atoms with Crippen molar-refractivity contribution in [2.45, 2.75) is 20.3 Å². The van der Waals surface area contributed by atoms with E-state index in [9.17, 15) is 4.79 Å². The summed E-state index contributed by atoms with van der Waals surface area (Å²) in [4.78, 5) is 12.1. The number of amides is 1. The van der Waals surface area contributed by atoms with Gasteiger partial charge in [-0.25, -0.2) is 0 Å². The number of hydrogen-bond donors (Lipinski definition) is 0. The third kappa shape index (κ3) is 2.87. The molecule has 0 unspecified atom stereocenters. The van der Waals surface area contributed by atoms with Gasteiger partial charge in [0.05, 0.1) is 0 Å². The molecule has 0 aliphatic heterocycles. The minimum atomic E-state index is 0.785. The van der Waals surface area contributed by atoms with Crippen molar-refractivity contribution in [1.82, 2.24) is 4.90 Å². The molecule has 1 aromatic carbocycles. The number of carbonyl (C=O) groups excluding carboxylic acids is 1. The minimum absolute atomic E-state index is 0.785. The molecular weight excluding hydrogens is 174 g/mol. The molecule has 76 valence electrons. The lowest BCUT2D eigenvalue weighted by Gasteiger charge is -2.12. The van der Waals surface area contributed by atoms with Gasteiger partial charge >= 0.3 is 0 Å². The first-order chi connectivity index (χ1) is 6.63. The van der Waals surface area contributed by atoms with Gasteiger partial charge in [0.1, 0.15) is 0 Å². The maximum absolute atomic E-state index is 10.4. The van der Waals surface area contributed by atoms with Crippen LogP contribution in [0.5, 0.6) is 0 Å². The number of nitrogens with zero attached hydrogens (tertiary/aromatic N) is 1. The Balaban J connectivity index is 2.63. The second kappa shape index (κ2) is 4.80. The van der Waals surface area contributed by atoms with E-state index >= 15 is 0 Å². The number of benzene rings is 1. The molecule has 1 amide bonds. The molecule has 0 fully saturated rings. The third-order valence-corrected chi connectivity index (χ3v) is 2.41. The third-order valence-electron chi connectivity index (χ3n) is 2.41. The fourth-order valence-corrected chi connectivity index (χ4v) is 1.48. The number of rotatable bonds is 4. The Kier molecular flexibility index (Phi) is 3.69. The first-order valence-corrected chi connectivity index (χ1v) is 4.85. The zero-order valence-electron chi connectivity index (χ0n) is 9.08. The summed E-state index contributed by atoms with van der Waals surface area (Å²) in [5, 5.41) is 0. The van der Waals surface area contributed by atoms with E-state index in [4.69, 9.17) is 0 Å². The molecule has 0 bridgehead atoms. The molecule has 0 N–H and O–H groups in total. The number of carbonyl (C=O) groups is 1. The first kappa shape index (κ1) is 10.8. The molecule has 0 saturated heterocycles. The highest BCUT2D eigenvalue weighted by Crippen LogP contribution is 2.11. The van der Waals surface area contributed by atoms with Crippen LogP contribution in [0.1, 0.15) is 16.7 Å². The zero-order valence-corrected chi connectivity index (χ0v) is 9.08. The van der Waals surface area contributed by atoms with E-state index in [-0.39, 0.29) is 0 Å². The summed E-state index contributed by atoms with van der Waals surface area (Å²) in [7, 11) is 1.80. The highest BCUT2D eigenvalue weighted by Gasteiger charge is 2.00. The molecule has 14 heavy (non-hydrogen) atoms. The average Bonchev–Trinajstić information content (AvgIpc) is 2.16. The van der Waals surface area contributed by atoms with Crippen LogP contribution in [0.4, 0.5) is 0 Å². The molecule has 1 aromatic rings. The number of hydrogen-bond acceptors (Lipinski definition) is 1. The molecule has 0 aromatic heterocycles. The number of aryl methyl sites for hydroxylation is 2. The maximum atomic E-state index is 10.4. The van der Waals surface area contributed by atoms with Gasteiger partial charge in [0.2, 0.25) is 6.41 Å². The molecule has 0 spiro atoms. The van der Waals surface area contributed by atoms with Crippen molar-refractivity contribution >= 4 is 6.41 Å². The van der Waals surface area contributed by atoms with Gasteiger partial charge in [0.15, 0.2) is 0 Å². The smallest absolute Gasteiger partial charge is 0.209 e. The molecule has 0 atom stereocenters. The fraction of sp³-hybridized carbons (Fsp3) is 0.417. The Hall–Kier alpha value is -1.31. The Labute approximate surface area is 85.5 Å². The van der Waals surface area contributed by atoms with Crippen LogP contribution in [0.3, 0.4) is 0 Å². The van der Waals surface area contributed by atoms with Crippen molar-refractivity contribution in [3.63, 3.8) is 0 Å². The molecule has 1 rings (SSSR count). The summed E-state index contributed by atoms with van der Waals surface area (Å²) >= 11 is 0. The molecule has 0 heterocycles. The van der Waals surface area contributed by atoms with Crippen LogP contribution in [-0.2, 0) is 11.2 Å². The Morgan fingerprint density at radius 3 is 2.64 bits per heavy atom. The van der Waals surface area contributed by atoms with E-state index in [0.29, 0.717) is 0 Å². The van der Waals surface area contributed by atoms with Gasteiger partial charge in [-0.05, 0) is 31.4 Å². The van der Waals surface area contributed by atoms with Crippen LogP contribution < -0.4 is 0 Å². The minimum Gasteiger partial charge on any atom is -0.348 e. The van der Waals surface area contributed by atoms with Crippen LogP contribution in [0.15, 0.2) is 18.2 Å². The van der Waals surface area contributed by atoms with E-state index in [2.05, 4.69) is 32.0 Å². The van der Waals surface area contributed by atoms with Gasteiger partial charge in [0.25, 0.3) is 0 Å². The summed E-state index contributed by atoms with van der Waals surface area (Å²) in [5.74, 6) is 0. The van der Waals surface area contributed by atoms with Crippen molar-refractivity contribution in [3.05, 3.63) is 34.9 Å². The predicted octanol–water partition coefficient (Wildman–Crippen LogP) is 1.93. The summed E-state index contributed by atoms with van der Waals surface area (Å²) in [6.45, 7) is 4.99. The van der Waals surface area contributed by atoms with Crippen molar-refractivity contribution in [3.8, 4) is 0 Å². The summed E-state index contributed by atoms with van der Waals surface area (Å²) in [6.07, 6.45) is 1.80. The Morgan fingerprint density at radius 2 is 2.07 bits per heavy atom. The Morgan fingerprint density at radius 1 is 1.36 bits per heavy atom. The second-order valence-corrected chi connectivity index (χ2v) is 3.77. The molecule has 2 nitrogen and oxygen atoms in total. The van der Waals surface area contributed by atoms with Crippen molar-refractivity contribution < 1.29 is 4.79 Å². The largest absolute Gasteiger partial charge is 0.348 e. The second-order valence-electron chi connectivity index (χ2n) is 3.77. The SMILES string of the molecule is Cc1ccc(CCN(C)C=O)c(C)c1. The standard InChI is InChI=1S/C12H17NO/c1-10-4-5-12(11(2)8-10)6-7-13(3)9-14/h4-5,8-9H,6-7H2,1-3H3. The van der Waals surface area contributed by atoms with Crippen LogP contribution in [-0.4, -0.2) is 24.9 Å². The van der Waals surface area contributed by atoms with Crippen LogP contribution in [0.25, 0.3) is 0 Å². The van der Waals surface area contributed by atoms with Gasteiger partial charge in [-0.2, -0.15) is 0 Å². The lowest BCUT2D eigenvalue weighted by molar-refractivity contribution is -0.116. The fourth-order valence-electron chi connectivity index (χ4n) is 1.48. The van der Waals surface area contributed by atoms with Gasteiger partial charge in [-0.1, -0.05) is 23.8 Å². The summed E-state index contributed by atoms with van der Waals surface area (Å²) < 4.78 is 0. The van der Waals surface area contributed by atoms with E-state index in [1.165, 1.54) is 16.7 Å². The number of likely N-dealkylation sites (N-methyl/N-ethyl adjacent to an activating group) is 1. The molecule has 2 heteroatoms. The van der Waals surface area contributed by atoms with Crippen molar-refractivity contribution in [2.24, 2.45) is 0 Å². The molecule has 0 aliphatic rings. The van der Waals surface area contributed by atoms with E-state index in [1.54, 1.807) is 11.9 Å². The van der Waals surface area contributed by atoms with Crippen LogP contribution in [0, 0.1) is 13.8 Å². The topological polar surface area (TPSA) is 20.3 Å². The predicted molar refractivity (Wildman–Crippen MR) is 58.3 cm³/mol. The van der Waals surface area contributed by atoms with Crippen LogP contribution in [0.2, 0.25) is 0 Å². The normalized spacial score (nSPS) is 9.93. The molecule has 0 aliphatic carbocycles. The van der Waals surface area contributed by atoms with Gasteiger partial charge < -0.3 is 4.90 Å². The monoisotopic (exact) mass is 191 g/mol. The van der Waals surface area contributed by atoms with Crippen molar-refractivity contribution in [2.75, 3.05) is 13.6 Å². The van der Waals surface area contributed by atoms with Crippen LogP contribution >= 0.6 is 0 Å². The first-order valence-electron chi connectivity index (χ1n) is 4.85. The average molecular weight is 191 g/mol. The van der Waals surface area contributed by atoms with E-state index in [1.807, 2.05) is 0 Å².